The van der Waals surface area contributed by atoms with E-state index in [2.05, 4.69) is 31.0 Å². The molecule has 1 heterocycles. The van der Waals surface area contributed by atoms with E-state index in [9.17, 15) is 13.2 Å². The van der Waals surface area contributed by atoms with Crippen molar-refractivity contribution >= 4 is 44.7 Å². The van der Waals surface area contributed by atoms with Gasteiger partial charge in [-0.3, -0.25) is 0 Å². The van der Waals surface area contributed by atoms with Gasteiger partial charge in [0.05, 0.1) is 10.2 Å². The summed E-state index contributed by atoms with van der Waals surface area (Å²) >= 11 is 8.75. The predicted molar refractivity (Wildman–Crippen MR) is 77.8 cm³/mol. The van der Waals surface area contributed by atoms with Crippen LogP contribution in [0.25, 0.3) is 0 Å². The molecule has 0 unspecified atom stereocenters. The molecule has 0 aliphatic carbocycles. The van der Waals surface area contributed by atoms with Crippen LogP contribution in [0.15, 0.2) is 34.8 Å². The van der Waals surface area contributed by atoms with E-state index >= 15 is 0 Å². The number of nitrogens with zero attached hydrogens (tertiary/aromatic N) is 1. The van der Waals surface area contributed by atoms with Crippen molar-refractivity contribution in [3.05, 3.63) is 40.0 Å². The number of pyridine rings is 1. The smallest absolute Gasteiger partial charge is 0.405 e. The fourth-order valence-corrected chi connectivity index (χ4v) is 2.08. The van der Waals surface area contributed by atoms with Gasteiger partial charge in [0.1, 0.15) is 10.9 Å². The number of ether oxygens (including phenoxy) is 1. The highest BCUT2D eigenvalue weighted by molar-refractivity contribution is 9.10. The highest BCUT2D eigenvalue weighted by Crippen LogP contribution is 2.33. The Hall–Kier alpha value is -1.67. The van der Waals surface area contributed by atoms with E-state index < -0.39 is 6.36 Å². The van der Waals surface area contributed by atoms with Crippen LogP contribution in [0, 0.1) is 0 Å². The first-order valence-corrected chi connectivity index (χ1v) is 6.66. The van der Waals surface area contributed by atoms with Crippen LogP contribution in [0.5, 0.6) is 5.75 Å². The van der Waals surface area contributed by atoms with Gasteiger partial charge in [-0.2, -0.15) is 0 Å². The first-order chi connectivity index (χ1) is 9.74. The summed E-state index contributed by atoms with van der Waals surface area (Å²) in [4.78, 5) is 3.98. The van der Waals surface area contributed by atoms with Crippen molar-refractivity contribution in [3.8, 4) is 5.75 Å². The molecule has 112 valence electrons. The van der Waals surface area contributed by atoms with Gasteiger partial charge in [0.15, 0.2) is 5.82 Å². The Bertz CT molecular complexity index is 667. The average Bonchev–Trinajstić information content (AvgIpc) is 2.36. The molecule has 0 atom stereocenters. The maximum Gasteiger partial charge on any atom is 0.573 e. The number of alkyl halides is 3. The molecule has 0 saturated heterocycles. The van der Waals surface area contributed by atoms with Crippen LogP contribution >= 0.6 is 27.5 Å². The minimum atomic E-state index is -4.75. The summed E-state index contributed by atoms with van der Waals surface area (Å²) in [5.74, 6) is -0.0426. The summed E-state index contributed by atoms with van der Waals surface area (Å²) in [5, 5.41) is 3.10. The number of benzene rings is 1. The fourth-order valence-electron chi connectivity index (χ4n) is 1.47. The number of nitrogens with one attached hydrogen (secondary N) is 1. The number of halogens is 5. The van der Waals surface area contributed by atoms with E-state index in [-0.39, 0.29) is 15.4 Å². The molecule has 0 aliphatic heterocycles. The third-order valence-electron chi connectivity index (χ3n) is 2.31. The summed E-state index contributed by atoms with van der Waals surface area (Å²) in [7, 11) is 0. The normalized spacial score (nSPS) is 11.3. The highest BCUT2D eigenvalue weighted by Gasteiger charge is 2.31. The Morgan fingerprint density at radius 2 is 1.95 bits per heavy atom. The number of hydrogen-bond acceptors (Lipinski definition) is 4. The maximum absolute atomic E-state index is 12.2. The topological polar surface area (TPSA) is 60.2 Å². The molecule has 0 bridgehead atoms. The quantitative estimate of drug-likeness (QED) is 0.754. The number of rotatable bonds is 3. The molecule has 1 aromatic carbocycles. The van der Waals surface area contributed by atoms with Crippen molar-refractivity contribution in [3.63, 3.8) is 0 Å². The lowest BCUT2D eigenvalue weighted by Gasteiger charge is -2.13. The SMILES string of the molecule is Nc1ccc(Cl)nc1Nc1ccc(OC(F)(F)F)c(Br)c1. The second-order valence-corrected chi connectivity index (χ2v) is 5.13. The number of aromatic nitrogens is 1. The van der Waals surface area contributed by atoms with E-state index in [4.69, 9.17) is 17.3 Å². The third-order valence-corrected chi connectivity index (χ3v) is 3.14. The van der Waals surface area contributed by atoms with Crippen molar-refractivity contribution in [1.82, 2.24) is 4.98 Å². The van der Waals surface area contributed by atoms with Crippen LogP contribution in [-0.2, 0) is 0 Å². The molecule has 2 aromatic rings. The van der Waals surface area contributed by atoms with Crippen LogP contribution in [0.1, 0.15) is 0 Å². The molecule has 2 rings (SSSR count). The number of nitrogens with two attached hydrogens (primary N) is 1. The second-order valence-electron chi connectivity index (χ2n) is 3.89. The van der Waals surface area contributed by atoms with Crippen LogP contribution in [0.2, 0.25) is 5.15 Å². The van der Waals surface area contributed by atoms with E-state index in [1.54, 1.807) is 6.07 Å². The minimum absolute atomic E-state index is 0.130. The van der Waals surface area contributed by atoms with Crippen LogP contribution in [0.3, 0.4) is 0 Å². The third kappa shape index (κ3) is 4.40. The van der Waals surface area contributed by atoms with Crippen LogP contribution in [-0.4, -0.2) is 11.3 Å². The van der Waals surface area contributed by atoms with Crippen molar-refractivity contribution in [2.75, 3.05) is 11.1 Å². The zero-order valence-electron chi connectivity index (χ0n) is 10.2. The lowest BCUT2D eigenvalue weighted by atomic mass is 10.3. The molecule has 0 spiro atoms. The van der Waals surface area contributed by atoms with Gasteiger partial charge in [-0.15, -0.1) is 13.2 Å². The molecule has 3 N–H and O–H groups in total. The lowest BCUT2D eigenvalue weighted by Crippen LogP contribution is -2.17. The summed E-state index contributed by atoms with van der Waals surface area (Å²) in [6, 6.07) is 7.06. The number of nitrogen functional groups attached to an aromatic ring is 1. The van der Waals surface area contributed by atoms with Crippen LogP contribution in [0.4, 0.5) is 30.4 Å². The van der Waals surface area contributed by atoms with E-state index in [0.29, 0.717) is 17.2 Å². The molecular weight excluding hydrogens is 375 g/mol. The molecule has 0 saturated carbocycles. The number of anilines is 3. The molecule has 0 aliphatic rings. The van der Waals surface area contributed by atoms with Gasteiger partial charge in [0.25, 0.3) is 0 Å². The summed E-state index contributed by atoms with van der Waals surface area (Å²) in [6.07, 6.45) is -4.75. The van der Waals surface area contributed by atoms with Crippen molar-refractivity contribution in [2.24, 2.45) is 0 Å². The Morgan fingerprint density at radius 3 is 2.57 bits per heavy atom. The van der Waals surface area contributed by atoms with Gasteiger partial charge < -0.3 is 15.8 Å². The largest absolute Gasteiger partial charge is 0.573 e. The van der Waals surface area contributed by atoms with Crippen LogP contribution < -0.4 is 15.8 Å². The Balaban J connectivity index is 2.22. The van der Waals surface area contributed by atoms with E-state index in [1.165, 1.54) is 24.3 Å². The molecule has 4 nitrogen and oxygen atoms in total. The van der Waals surface area contributed by atoms with Crippen molar-refractivity contribution < 1.29 is 17.9 Å². The van der Waals surface area contributed by atoms with Gasteiger partial charge in [-0.25, -0.2) is 4.98 Å². The molecule has 21 heavy (non-hydrogen) atoms. The summed E-state index contributed by atoms with van der Waals surface area (Å²) in [5.41, 5.74) is 6.54. The Kier molecular flexibility index (Phi) is 4.48. The Morgan fingerprint density at radius 1 is 1.24 bits per heavy atom. The first-order valence-electron chi connectivity index (χ1n) is 5.49. The molecule has 9 heteroatoms. The van der Waals surface area contributed by atoms with Gasteiger partial charge in [0, 0.05) is 5.69 Å². The fraction of sp³-hybridized carbons (Fsp3) is 0.0833. The number of hydrogen-bond donors (Lipinski definition) is 2. The van der Waals surface area contributed by atoms with Gasteiger partial charge in [-0.1, -0.05) is 11.6 Å². The first kappa shape index (κ1) is 15.7. The van der Waals surface area contributed by atoms with Crippen molar-refractivity contribution in [2.45, 2.75) is 6.36 Å². The second kappa shape index (κ2) is 5.98. The van der Waals surface area contributed by atoms with E-state index in [0.717, 1.165) is 0 Å². The Labute approximate surface area is 131 Å². The van der Waals surface area contributed by atoms with Gasteiger partial charge in [0.2, 0.25) is 0 Å². The zero-order chi connectivity index (χ0) is 15.6. The molecule has 0 amide bonds. The zero-order valence-corrected chi connectivity index (χ0v) is 12.6. The predicted octanol–water partition coefficient (Wildman–Crippen LogP) is 4.72. The minimum Gasteiger partial charge on any atom is -0.405 e. The maximum atomic E-state index is 12.2. The molecule has 0 radical (unpaired) electrons. The summed E-state index contributed by atoms with van der Waals surface area (Å²) in [6.45, 7) is 0. The average molecular weight is 383 g/mol. The standard InChI is InChI=1S/C12H8BrClF3N3O/c13-7-5-6(1-3-9(7)21-12(15,16)17)19-11-8(18)2-4-10(14)20-11/h1-5H,18H2,(H,19,20). The van der Waals surface area contributed by atoms with Gasteiger partial charge in [-0.05, 0) is 46.3 Å². The highest BCUT2D eigenvalue weighted by atomic mass is 79.9. The van der Waals surface area contributed by atoms with E-state index in [1.807, 2.05) is 0 Å². The van der Waals surface area contributed by atoms with Gasteiger partial charge >= 0.3 is 6.36 Å². The van der Waals surface area contributed by atoms with Crippen molar-refractivity contribution in [1.29, 1.82) is 0 Å². The monoisotopic (exact) mass is 381 g/mol. The molecular formula is C12H8BrClF3N3O. The molecule has 1 aromatic heterocycles. The molecule has 0 fully saturated rings. The lowest BCUT2D eigenvalue weighted by molar-refractivity contribution is -0.274. The summed E-state index contributed by atoms with van der Waals surface area (Å²) < 4.78 is 40.5.